The number of rotatable bonds is 5. The van der Waals surface area contributed by atoms with Gasteiger partial charge in [-0.1, -0.05) is 6.08 Å². The summed E-state index contributed by atoms with van der Waals surface area (Å²) in [4.78, 5) is 2.32. The number of hydrogen-bond donors (Lipinski definition) is 0. The van der Waals surface area contributed by atoms with Crippen molar-refractivity contribution < 1.29 is 14.0 Å². The summed E-state index contributed by atoms with van der Waals surface area (Å²) in [5, 5.41) is 0. The molecule has 0 fully saturated rings. The molecular formula is C25H29N2O2+. The molecule has 2 aliphatic heterocycles. The molecule has 150 valence electrons. The van der Waals surface area contributed by atoms with Gasteiger partial charge in [0.25, 0.3) is 0 Å². The predicted molar refractivity (Wildman–Crippen MR) is 119 cm³/mol. The van der Waals surface area contributed by atoms with Crippen molar-refractivity contribution >= 4 is 17.6 Å². The summed E-state index contributed by atoms with van der Waals surface area (Å²) in [5.41, 5.74) is 5.28. The van der Waals surface area contributed by atoms with E-state index in [1.54, 1.807) is 14.2 Å². The van der Waals surface area contributed by atoms with Crippen LogP contribution in [0.2, 0.25) is 0 Å². The molecule has 0 aliphatic carbocycles. The lowest BCUT2D eigenvalue weighted by molar-refractivity contribution is -0.440. The molecule has 2 heterocycles. The number of methoxy groups -OCH3 is 2. The molecule has 0 amide bonds. The first-order chi connectivity index (χ1) is 14.3. The number of benzene rings is 2. The van der Waals surface area contributed by atoms with Gasteiger partial charge in [-0.15, -0.1) is 0 Å². The van der Waals surface area contributed by atoms with Crippen LogP contribution in [0.1, 0.15) is 24.0 Å². The van der Waals surface area contributed by atoms with Gasteiger partial charge in [-0.05, 0) is 61.2 Å². The van der Waals surface area contributed by atoms with Crippen molar-refractivity contribution in [1.29, 1.82) is 0 Å². The molecule has 0 radical (unpaired) electrons. The topological polar surface area (TPSA) is 24.7 Å². The van der Waals surface area contributed by atoms with Crippen molar-refractivity contribution in [3.63, 3.8) is 0 Å². The van der Waals surface area contributed by atoms with Crippen molar-refractivity contribution in [3.05, 3.63) is 72.0 Å². The first kappa shape index (κ1) is 19.3. The van der Waals surface area contributed by atoms with Crippen LogP contribution >= 0.6 is 0 Å². The monoisotopic (exact) mass is 389 g/mol. The Bertz CT molecular complexity index is 959. The van der Waals surface area contributed by atoms with Crippen LogP contribution in [0, 0.1) is 0 Å². The number of ether oxygens (including phenoxy) is 2. The van der Waals surface area contributed by atoms with Gasteiger partial charge in [0.2, 0.25) is 5.69 Å². The maximum absolute atomic E-state index is 5.36. The summed E-state index contributed by atoms with van der Waals surface area (Å²) < 4.78 is 13.0. The van der Waals surface area contributed by atoms with Gasteiger partial charge in [0, 0.05) is 42.6 Å². The van der Waals surface area contributed by atoms with Crippen LogP contribution in [0.3, 0.4) is 0 Å². The van der Waals surface area contributed by atoms with E-state index in [1.165, 1.54) is 22.5 Å². The third-order valence-corrected chi connectivity index (χ3v) is 5.64. The molecule has 0 spiro atoms. The van der Waals surface area contributed by atoms with E-state index in [9.17, 15) is 0 Å². The molecule has 2 aliphatic rings. The van der Waals surface area contributed by atoms with E-state index < -0.39 is 0 Å². The zero-order valence-electron chi connectivity index (χ0n) is 17.3. The molecule has 29 heavy (non-hydrogen) atoms. The molecule has 4 nitrogen and oxygen atoms in total. The van der Waals surface area contributed by atoms with Crippen molar-refractivity contribution in [2.75, 3.05) is 32.2 Å². The van der Waals surface area contributed by atoms with Gasteiger partial charge in [-0.3, -0.25) is 0 Å². The second kappa shape index (κ2) is 8.99. The molecular weight excluding hydrogens is 360 g/mol. The van der Waals surface area contributed by atoms with E-state index in [2.05, 4.69) is 64.4 Å². The second-order valence-electron chi connectivity index (χ2n) is 7.46. The Kier molecular flexibility index (Phi) is 5.99. The van der Waals surface area contributed by atoms with Crippen LogP contribution in [0.5, 0.6) is 11.5 Å². The van der Waals surface area contributed by atoms with Gasteiger partial charge < -0.3 is 14.4 Å². The van der Waals surface area contributed by atoms with E-state index in [1.807, 2.05) is 12.1 Å². The number of hydrogen-bond acceptors (Lipinski definition) is 3. The largest absolute Gasteiger partial charge is 0.497 e. The number of fused-ring (bicyclic) bond motifs is 2. The predicted octanol–water partition coefficient (Wildman–Crippen LogP) is 4.89. The highest BCUT2D eigenvalue weighted by Crippen LogP contribution is 2.31. The zero-order chi connectivity index (χ0) is 20.1. The summed E-state index contributed by atoms with van der Waals surface area (Å²) in [6.45, 7) is 2.10. The molecule has 0 atom stereocenters. The Morgan fingerprint density at radius 2 is 1.62 bits per heavy atom. The lowest BCUT2D eigenvalue weighted by Gasteiger charge is -2.28. The van der Waals surface area contributed by atoms with Crippen molar-refractivity contribution in [2.45, 2.75) is 25.7 Å². The number of allylic oxidation sites excluding steroid dienone is 3. The summed E-state index contributed by atoms with van der Waals surface area (Å²) in [6.07, 6.45) is 15.2. The first-order valence-corrected chi connectivity index (χ1v) is 10.3. The average molecular weight is 390 g/mol. The average Bonchev–Trinajstić information content (AvgIpc) is 2.78. The van der Waals surface area contributed by atoms with E-state index in [4.69, 9.17) is 9.47 Å². The smallest absolute Gasteiger partial charge is 0.208 e. The molecule has 2 aromatic carbocycles. The first-order valence-electron chi connectivity index (χ1n) is 10.3. The highest BCUT2D eigenvalue weighted by Gasteiger charge is 2.20. The molecule has 0 aromatic heterocycles. The third kappa shape index (κ3) is 4.37. The van der Waals surface area contributed by atoms with Gasteiger partial charge in [0.15, 0.2) is 6.21 Å². The minimum atomic E-state index is 0.934. The van der Waals surface area contributed by atoms with E-state index in [-0.39, 0.29) is 0 Å². The number of aryl methyl sites for hydroxylation is 2. The Morgan fingerprint density at radius 1 is 0.862 bits per heavy atom. The molecule has 0 bridgehead atoms. The van der Waals surface area contributed by atoms with E-state index in [0.29, 0.717) is 0 Å². The number of anilines is 1. The van der Waals surface area contributed by atoms with Crippen LogP contribution < -0.4 is 14.4 Å². The Balaban J connectivity index is 1.45. The Morgan fingerprint density at radius 3 is 2.45 bits per heavy atom. The van der Waals surface area contributed by atoms with Crippen LogP contribution in [0.15, 0.2) is 60.8 Å². The Hall–Kier alpha value is -3.01. The molecule has 0 N–H and O–H groups in total. The van der Waals surface area contributed by atoms with Gasteiger partial charge >= 0.3 is 0 Å². The fourth-order valence-corrected chi connectivity index (χ4v) is 4.14. The summed E-state index contributed by atoms with van der Waals surface area (Å²) >= 11 is 0. The van der Waals surface area contributed by atoms with E-state index in [0.717, 1.165) is 50.3 Å². The molecule has 4 rings (SSSR count). The summed E-state index contributed by atoms with van der Waals surface area (Å²) in [5.74, 6) is 1.87. The molecule has 2 aromatic rings. The van der Waals surface area contributed by atoms with Gasteiger partial charge in [-0.25, -0.2) is 0 Å². The summed E-state index contributed by atoms with van der Waals surface area (Å²) in [6, 6.07) is 12.7. The van der Waals surface area contributed by atoms with Crippen LogP contribution in [0.4, 0.5) is 11.4 Å². The molecule has 0 saturated heterocycles. The lowest BCUT2D eigenvalue weighted by atomic mass is 10.0. The lowest BCUT2D eigenvalue weighted by Crippen LogP contribution is -2.23. The standard InChI is InChI=1S/C25H29N2O2/c1-28-22-10-12-24-20(18-22)8-6-16-26(24)14-4-3-5-15-27-17-7-9-21-19-23(29-2)11-13-25(21)27/h3-5,10-15,18-19H,6-9,16-17H2,1-2H3/q+1. The highest BCUT2D eigenvalue weighted by atomic mass is 16.5. The zero-order valence-corrected chi connectivity index (χ0v) is 17.3. The van der Waals surface area contributed by atoms with Gasteiger partial charge in [-0.2, -0.15) is 4.58 Å². The quantitative estimate of drug-likeness (QED) is 0.538. The molecule has 0 unspecified atom stereocenters. The Labute approximate surface area is 173 Å². The second-order valence-corrected chi connectivity index (χ2v) is 7.46. The van der Waals surface area contributed by atoms with Crippen molar-refractivity contribution in [1.82, 2.24) is 0 Å². The molecule has 4 heteroatoms. The minimum absolute atomic E-state index is 0.934. The van der Waals surface area contributed by atoms with Crippen LogP contribution in [-0.2, 0) is 12.8 Å². The van der Waals surface area contributed by atoms with Crippen LogP contribution in [0.25, 0.3) is 0 Å². The van der Waals surface area contributed by atoms with Gasteiger partial charge in [0.05, 0.1) is 14.2 Å². The maximum Gasteiger partial charge on any atom is 0.208 e. The SMILES string of the molecule is COc1ccc2c(c1)CCCN2C=CC=CC=[N+]1CCCc2cc(OC)ccc21. The fourth-order valence-electron chi connectivity index (χ4n) is 4.14. The summed E-state index contributed by atoms with van der Waals surface area (Å²) in [7, 11) is 3.45. The van der Waals surface area contributed by atoms with Gasteiger partial charge in [0.1, 0.15) is 18.0 Å². The number of nitrogens with zero attached hydrogens (tertiary/aromatic N) is 2. The highest BCUT2D eigenvalue weighted by molar-refractivity contribution is 5.69. The normalized spacial score (nSPS) is 17.6. The van der Waals surface area contributed by atoms with Crippen molar-refractivity contribution in [3.8, 4) is 11.5 Å². The third-order valence-electron chi connectivity index (χ3n) is 5.64. The molecule has 0 saturated carbocycles. The fraction of sp³-hybridized carbons (Fsp3) is 0.320. The van der Waals surface area contributed by atoms with Crippen LogP contribution in [-0.4, -0.2) is 38.1 Å². The maximum atomic E-state index is 5.36. The minimum Gasteiger partial charge on any atom is -0.497 e. The van der Waals surface area contributed by atoms with E-state index >= 15 is 0 Å². The van der Waals surface area contributed by atoms with Crippen molar-refractivity contribution in [2.24, 2.45) is 0 Å².